The number of aryl methyl sites for hydroxylation is 1. The molecule has 1 N–H and O–H groups in total. The molecule has 1 fully saturated rings. The van der Waals surface area contributed by atoms with Crippen molar-refractivity contribution in [2.45, 2.75) is 32.0 Å². The van der Waals surface area contributed by atoms with Gasteiger partial charge in [-0.2, -0.15) is 18.3 Å². The van der Waals surface area contributed by atoms with Crippen molar-refractivity contribution in [1.82, 2.24) is 19.2 Å². The fraction of sp³-hybridized carbons (Fsp3) is 0.438. The maximum absolute atomic E-state index is 12.6. The molecule has 0 spiro atoms. The Bertz CT molecular complexity index is 1040. The summed E-state index contributed by atoms with van der Waals surface area (Å²) < 4.78 is 40.6. The third kappa shape index (κ3) is 2.92. The first-order valence-electron chi connectivity index (χ1n) is 8.01. The smallest absolute Gasteiger partial charge is 0.396 e. The lowest BCUT2D eigenvalue weighted by atomic mass is 10.2. The van der Waals surface area contributed by atoms with Gasteiger partial charge in [-0.15, -0.1) is 11.3 Å². The standard InChI is InChI=1S/C16H15F3N4O2S/c1-8-14(11-4-9(11)7-24)23-13(25)5-10(20-15(23)26-8)6-22-3-2-12(21-22)16(17,18)19/h2-3,5,9,11,24H,4,6-7H2,1H3/t9-,11+/m0/s1. The Morgan fingerprint density at radius 3 is 2.81 bits per heavy atom. The summed E-state index contributed by atoms with van der Waals surface area (Å²) in [7, 11) is 0. The first-order valence-corrected chi connectivity index (χ1v) is 8.83. The normalized spacial score (nSPS) is 20.0. The summed E-state index contributed by atoms with van der Waals surface area (Å²) in [5.74, 6) is 0.322. The van der Waals surface area contributed by atoms with E-state index in [1.807, 2.05) is 6.92 Å². The van der Waals surface area contributed by atoms with Crippen molar-refractivity contribution < 1.29 is 18.3 Å². The van der Waals surface area contributed by atoms with Gasteiger partial charge >= 0.3 is 6.18 Å². The molecular formula is C16H15F3N4O2S. The summed E-state index contributed by atoms with van der Waals surface area (Å²) in [6, 6.07) is 2.22. The van der Waals surface area contributed by atoms with Crippen LogP contribution in [-0.2, 0) is 12.7 Å². The van der Waals surface area contributed by atoms with E-state index >= 15 is 0 Å². The Hall–Kier alpha value is -2.20. The van der Waals surface area contributed by atoms with Crippen LogP contribution in [0.5, 0.6) is 0 Å². The molecule has 2 atom stereocenters. The largest absolute Gasteiger partial charge is 0.435 e. The fourth-order valence-electron chi connectivity index (χ4n) is 3.20. The van der Waals surface area contributed by atoms with E-state index in [1.165, 1.54) is 23.6 Å². The molecule has 0 amide bonds. The number of hydrogen-bond donors (Lipinski definition) is 1. The number of rotatable bonds is 4. The summed E-state index contributed by atoms with van der Waals surface area (Å²) in [4.78, 5) is 18.5. The zero-order valence-electron chi connectivity index (χ0n) is 13.7. The molecule has 1 saturated carbocycles. The quantitative estimate of drug-likeness (QED) is 0.750. The van der Waals surface area contributed by atoms with Gasteiger partial charge in [-0.3, -0.25) is 13.9 Å². The van der Waals surface area contributed by atoms with Crippen molar-refractivity contribution in [2.24, 2.45) is 5.92 Å². The van der Waals surface area contributed by atoms with Gasteiger partial charge in [-0.1, -0.05) is 0 Å². The van der Waals surface area contributed by atoms with Crippen molar-refractivity contribution in [1.29, 1.82) is 0 Å². The van der Waals surface area contributed by atoms with Crippen LogP contribution < -0.4 is 5.56 Å². The molecule has 0 aliphatic heterocycles. The van der Waals surface area contributed by atoms with Crippen LogP contribution in [0.2, 0.25) is 0 Å². The third-order valence-corrected chi connectivity index (χ3v) is 5.52. The molecule has 3 aromatic heterocycles. The van der Waals surface area contributed by atoms with Crippen LogP contribution in [0.25, 0.3) is 4.96 Å². The number of fused-ring (bicyclic) bond motifs is 1. The maximum atomic E-state index is 12.6. The average Bonchev–Trinajstić information content (AvgIpc) is 3.01. The number of aliphatic hydroxyl groups is 1. The number of aromatic nitrogens is 4. The maximum Gasteiger partial charge on any atom is 0.435 e. The van der Waals surface area contributed by atoms with Gasteiger partial charge in [0.05, 0.1) is 12.2 Å². The lowest BCUT2D eigenvalue weighted by molar-refractivity contribution is -0.141. The van der Waals surface area contributed by atoms with E-state index in [2.05, 4.69) is 10.1 Å². The van der Waals surface area contributed by atoms with E-state index in [1.54, 1.807) is 4.40 Å². The molecular weight excluding hydrogens is 369 g/mol. The highest BCUT2D eigenvalue weighted by Gasteiger charge is 2.41. The van der Waals surface area contributed by atoms with Crippen LogP contribution >= 0.6 is 11.3 Å². The minimum absolute atomic E-state index is 0.0171. The Balaban J connectivity index is 1.68. The zero-order chi connectivity index (χ0) is 18.6. The van der Waals surface area contributed by atoms with Gasteiger partial charge in [0.25, 0.3) is 5.56 Å². The topological polar surface area (TPSA) is 72.4 Å². The first-order chi connectivity index (χ1) is 12.3. The van der Waals surface area contributed by atoms with Gasteiger partial charge in [0.15, 0.2) is 10.7 Å². The Kier molecular flexibility index (Phi) is 3.92. The van der Waals surface area contributed by atoms with E-state index < -0.39 is 11.9 Å². The predicted octanol–water partition coefficient (Wildman–Crippen LogP) is 2.42. The van der Waals surface area contributed by atoms with E-state index in [0.29, 0.717) is 10.7 Å². The van der Waals surface area contributed by atoms with Gasteiger partial charge in [0.1, 0.15) is 0 Å². The van der Waals surface area contributed by atoms with E-state index in [4.69, 9.17) is 0 Å². The summed E-state index contributed by atoms with van der Waals surface area (Å²) in [6.07, 6.45) is -2.45. The Morgan fingerprint density at radius 2 is 2.19 bits per heavy atom. The second-order valence-electron chi connectivity index (χ2n) is 6.43. The highest BCUT2D eigenvalue weighted by molar-refractivity contribution is 7.17. The Morgan fingerprint density at radius 1 is 1.42 bits per heavy atom. The number of halogens is 3. The summed E-state index contributed by atoms with van der Waals surface area (Å²) in [5.41, 5.74) is -0.00912. The van der Waals surface area contributed by atoms with Crippen LogP contribution in [-0.4, -0.2) is 30.9 Å². The molecule has 0 saturated heterocycles. The van der Waals surface area contributed by atoms with Crippen LogP contribution in [0.4, 0.5) is 13.2 Å². The lowest BCUT2D eigenvalue weighted by Gasteiger charge is -2.05. The molecule has 0 radical (unpaired) electrons. The number of aliphatic hydroxyl groups excluding tert-OH is 1. The minimum atomic E-state index is -4.50. The van der Waals surface area contributed by atoms with Crippen LogP contribution in [0.3, 0.4) is 0 Å². The number of hydrogen-bond acceptors (Lipinski definition) is 5. The lowest BCUT2D eigenvalue weighted by Crippen LogP contribution is -2.18. The molecule has 1 aliphatic rings. The predicted molar refractivity (Wildman–Crippen MR) is 88.3 cm³/mol. The zero-order valence-corrected chi connectivity index (χ0v) is 14.5. The monoisotopic (exact) mass is 384 g/mol. The summed E-state index contributed by atoms with van der Waals surface area (Å²) in [5, 5.41) is 12.8. The molecule has 4 rings (SSSR count). The van der Waals surface area contributed by atoms with Crippen molar-refractivity contribution in [3.8, 4) is 0 Å². The van der Waals surface area contributed by atoms with Gasteiger partial charge < -0.3 is 5.11 Å². The molecule has 1 aliphatic carbocycles. The van der Waals surface area contributed by atoms with Crippen LogP contribution in [0, 0.1) is 12.8 Å². The van der Waals surface area contributed by atoms with Crippen LogP contribution in [0.1, 0.15) is 34.3 Å². The number of nitrogens with zero attached hydrogens (tertiary/aromatic N) is 4. The molecule has 10 heteroatoms. The molecule has 3 heterocycles. The van der Waals surface area contributed by atoms with E-state index in [9.17, 15) is 23.1 Å². The molecule has 0 bridgehead atoms. The first kappa shape index (κ1) is 17.2. The van der Waals surface area contributed by atoms with Gasteiger partial charge in [-0.05, 0) is 25.3 Å². The Labute approximate surface area is 149 Å². The van der Waals surface area contributed by atoms with Crippen molar-refractivity contribution >= 4 is 16.3 Å². The SMILES string of the molecule is Cc1sc2nc(Cn3ccc(C(F)(F)F)n3)cc(=O)n2c1[C@@H]1C[C@H]1CO. The van der Waals surface area contributed by atoms with E-state index in [0.717, 1.165) is 27.7 Å². The van der Waals surface area contributed by atoms with Gasteiger partial charge in [0.2, 0.25) is 0 Å². The van der Waals surface area contributed by atoms with Crippen LogP contribution in [0.15, 0.2) is 23.1 Å². The van der Waals surface area contributed by atoms with Crippen molar-refractivity contribution in [2.75, 3.05) is 6.61 Å². The van der Waals surface area contributed by atoms with Gasteiger partial charge in [0, 0.05) is 35.4 Å². The molecule has 0 unspecified atom stereocenters. The fourth-order valence-corrected chi connectivity index (χ4v) is 4.27. The third-order valence-electron chi connectivity index (χ3n) is 4.55. The highest BCUT2D eigenvalue weighted by Crippen LogP contribution is 2.49. The molecule has 138 valence electrons. The summed E-state index contributed by atoms with van der Waals surface area (Å²) >= 11 is 1.37. The second kappa shape index (κ2) is 5.92. The molecule has 6 nitrogen and oxygen atoms in total. The van der Waals surface area contributed by atoms with Gasteiger partial charge in [-0.25, -0.2) is 4.98 Å². The molecule has 3 aromatic rings. The van der Waals surface area contributed by atoms with E-state index in [-0.39, 0.29) is 30.5 Å². The number of alkyl halides is 3. The summed E-state index contributed by atoms with van der Waals surface area (Å²) in [6.45, 7) is 1.98. The minimum Gasteiger partial charge on any atom is -0.396 e. The number of thiazole rings is 1. The second-order valence-corrected chi connectivity index (χ2v) is 7.61. The van der Waals surface area contributed by atoms with Crippen molar-refractivity contribution in [3.63, 3.8) is 0 Å². The molecule has 26 heavy (non-hydrogen) atoms. The van der Waals surface area contributed by atoms with Crippen molar-refractivity contribution in [3.05, 3.63) is 50.6 Å². The molecule has 0 aromatic carbocycles. The average molecular weight is 384 g/mol. The highest BCUT2D eigenvalue weighted by atomic mass is 32.1.